The fourth-order valence-electron chi connectivity index (χ4n) is 1.01. The maximum Gasteiger partial charge on any atom is 0.110 e. The molecule has 0 heterocycles. The minimum atomic E-state index is -0.402. The molecule has 0 spiro atoms. The molecule has 0 aliphatic rings. The molecule has 0 aromatic heterocycles. The average Bonchev–Trinajstić information content (AvgIpc) is 2.08. The van der Waals surface area contributed by atoms with E-state index in [-0.39, 0.29) is 0 Å². The highest BCUT2D eigenvalue weighted by Gasteiger charge is 2.06. The van der Waals surface area contributed by atoms with Crippen molar-refractivity contribution in [2.75, 3.05) is 14.1 Å². The normalized spacial score (nSPS) is 13.3. The zero-order valence-electron chi connectivity index (χ0n) is 7.87. The van der Waals surface area contributed by atoms with Crippen molar-refractivity contribution < 1.29 is 5.11 Å². The lowest BCUT2D eigenvalue weighted by atomic mass is 10.1. The van der Waals surface area contributed by atoms with Gasteiger partial charge in [0.15, 0.2) is 0 Å². The highest BCUT2D eigenvalue weighted by atomic mass is 79.9. The van der Waals surface area contributed by atoms with Crippen LogP contribution in [0.3, 0.4) is 0 Å². The first-order valence-corrected chi connectivity index (χ1v) is 4.98. The minimum Gasteiger partial charge on any atom is -0.378 e. The predicted octanol–water partition coefficient (Wildman–Crippen LogP) is 1.87. The highest BCUT2D eigenvalue weighted by Crippen LogP contribution is 2.12. The zero-order chi connectivity index (χ0) is 9.84. The van der Waals surface area contributed by atoms with E-state index >= 15 is 0 Å². The van der Waals surface area contributed by atoms with Gasteiger partial charge >= 0.3 is 0 Å². The Morgan fingerprint density at radius 2 is 1.85 bits per heavy atom. The molecule has 2 nitrogen and oxygen atoms in total. The molecule has 0 amide bonds. The van der Waals surface area contributed by atoms with Crippen molar-refractivity contribution in [1.82, 2.24) is 4.90 Å². The first-order valence-electron chi connectivity index (χ1n) is 4.18. The van der Waals surface area contributed by atoms with E-state index in [9.17, 15) is 5.11 Å². The van der Waals surface area contributed by atoms with Crippen LogP contribution in [0.1, 0.15) is 5.56 Å². The highest BCUT2D eigenvalue weighted by molar-refractivity contribution is 9.10. The van der Waals surface area contributed by atoms with Crippen molar-refractivity contribution in [3.05, 3.63) is 34.3 Å². The molecule has 0 radical (unpaired) electrons. The van der Waals surface area contributed by atoms with E-state index in [4.69, 9.17) is 0 Å². The molecular formula is C10H14BrNO. The molecule has 0 aliphatic heterocycles. The summed E-state index contributed by atoms with van der Waals surface area (Å²) in [6.07, 6.45) is 0.265. The predicted molar refractivity (Wildman–Crippen MR) is 57.5 cm³/mol. The molecule has 3 heteroatoms. The molecule has 1 rings (SSSR count). The first kappa shape index (κ1) is 10.7. The molecule has 1 N–H and O–H groups in total. The Bertz CT molecular complexity index is 258. The SMILES string of the molecule is CN(C)C(O)Cc1ccc(Br)cc1. The lowest BCUT2D eigenvalue weighted by Gasteiger charge is -2.18. The maximum atomic E-state index is 9.56. The Morgan fingerprint density at radius 1 is 1.31 bits per heavy atom. The van der Waals surface area contributed by atoms with Crippen LogP contribution >= 0.6 is 15.9 Å². The number of benzene rings is 1. The number of nitrogens with zero attached hydrogens (tertiary/aromatic N) is 1. The Kier molecular flexibility index (Phi) is 3.90. The van der Waals surface area contributed by atoms with Gasteiger partial charge in [0.2, 0.25) is 0 Å². The largest absolute Gasteiger partial charge is 0.378 e. The Morgan fingerprint density at radius 3 is 2.31 bits per heavy atom. The smallest absolute Gasteiger partial charge is 0.110 e. The number of halogens is 1. The number of likely N-dealkylation sites (N-methyl/N-ethyl adjacent to an activating group) is 1. The Hall–Kier alpha value is -0.380. The summed E-state index contributed by atoms with van der Waals surface area (Å²) in [5.74, 6) is 0. The van der Waals surface area contributed by atoms with Crippen molar-refractivity contribution in [2.45, 2.75) is 12.6 Å². The van der Waals surface area contributed by atoms with E-state index < -0.39 is 6.23 Å². The van der Waals surface area contributed by atoms with Gasteiger partial charge in [-0.15, -0.1) is 0 Å². The zero-order valence-corrected chi connectivity index (χ0v) is 9.45. The van der Waals surface area contributed by atoms with Crippen LogP contribution in [0, 0.1) is 0 Å². The van der Waals surface area contributed by atoms with Gasteiger partial charge in [-0.3, -0.25) is 4.90 Å². The summed E-state index contributed by atoms with van der Waals surface area (Å²) < 4.78 is 1.07. The summed E-state index contributed by atoms with van der Waals surface area (Å²) >= 11 is 3.37. The Balaban J connectivity index is 2.59. The molecule has 1 aromatic carbocycles. The molecule has 1 atom stereocenters. The van der Waals surface area contributed by atoms with Crippen molar-refractivity contribution in [1.29, 1.82) is 0 Å². The van der Waals surface area contributed by atoms with E-state index in [0.717, 1.165) is 10.0 Å². The lowest BCUT2D eigenvalue weighted by molar-refractivity contribution is 0.0413. The topological polar surface area (TPSA) is 23.5 Å². The van der Waals surface area contributed by atoms with Gasteiger partial charge in [-0.25, -0.2) is 0 Å². The third-order valence-electron chi connectivity index (χ3n) is 1.93. The van der Waals surface area contributed by atoms with Crippen molar-refractivity contribution in [3.8, 4) is 0 Å². The monoisotopic (exact) mass is 243 g/mol. The number of hydrogen-bond donors (Lipinski definition) is 1. The van der Waals surface area contributed by atoms with Crippen LogP contribution in [-0.2, 0) is 6.42 Å². The Labute approximate surface area is 87.3 Å². The van der Waals surface area contributed by atoms with E-state index in [1.807, 2.05) is 38.4 Å². The molecular weight excluding hydrogens is 230 g/mol. The van der Waals surface area contributed by atoms with Crippen LogP contribution in [-0.4, -0.2) is 30.3 Å². The van der Waals surface area contributed by atoms with Crippen LogP contribution in [0.4, 0.5) is 0 Å². The average molecular weight is 244 g/mol. The maximum absolute atomic E-state index is 9.56. The van der Waals surface area contributed by atoms with Crippen molar-refractivity contribution in [3.63, 3.8) is 0 Å². The van der Waals surface area contributed by atoms with Gasteiger partial charge in [0.1, 0.15) is 6.23 Å². The van der Waals surface area contributed by atoms with Gasteiger partial charge < -0.3 is 5.11 Å². The van der Waals surface area contributed by atoms with Crippen LogP contribution in [0.25, 0.3) is 0 Å². The quantitative estimate of drug-likeness (QED) is 0.820. The van der Waals surface area contributed by atoms with Crippen LogP contribution in [0.5, 0.6) is 0 Å². The van der Waals surface area contributed by atoms with Crippen LogP contribution in [0.15, 0.2) is 28.7 Å². The lowest BCUT2D eigenvalue weighted by Crippen LogP contribution is -2.29. The summed E-state index contributed by atoms with van der Waals surface area (Å²) in [6, 6.07) is 7.99. The minimum absolute atomic E-state index is 0.402. The number of rotatable bonds is 3. The number of aliphatic hydroxyl groups excluding tert-OH is 1. The van der Waals surface area contributed by atoms with Crippen molar-refractivity contribution in [2.24, 2.45) is 0 Å². The summed E-state index contributed by atoms with van der Waals surface area (Å²) in [7, 11) is 3.73. The molecule has 13 heavy (non-hydrogen) atoms. The first-order chi connectivity index (χ1) is 6.09. The fraction of sp³-hybridized carbons (Fsp3) is 0.400. The summed E-state index contributed by atoms with van der Waals surface area (Å²) in [6.45, 7) is 0. The fourth-order valence-corrected chi connectivity index (χ4v) is 1.28. The standard InChI is InChI=1S/C10H14BrNO/c1-12(2)10(13)7-8-3-5-9(11)6-4-8/h3-6,10,13H,7H2,1-2H3. The van der Waals surface area contributed by atoms with Gasteiger partial charge in [0.05, 0.1) is 0 Å². The second kappa shape index (κ2) is 4.74. The summed E-state index contributed by atoms with van der Waals surface area (Å²) in [5.41, 5.74) is 1.14. The molecule has 1 unspecified atom stereocenters. The van der Waals surface area contributed by atoms with Gasteiger partial charge in [-0.05, 0) is 31.8 Å². The molecule has 1 aromatic rings. The van der Waals surface area contributed by atoms with E-state index in [1.165, 1.54) is 0 Å². The second-order valence-corrected chi connectivity index (χ2v) is 4.19. The van der Waals surface area contributed by atoms with E-state index in [2.05, 4.69) is 15.9 Å². The molecule has 0 fully saturated rings. The van der Waals surface area contributed by atoms with Gasteiger partial charge in [-0.1, -0.05) is 28.1 Å². The third-order valence-corrected chi connectivity index (χ3v) is 2.46. The molecule has 0 saturated carbocycles. The van der Waals surface area contributed by atoms with Crippen molar-refractivity contribution >= 4 is 15.9 Å². The van der Waals surface area contributed by atoms with Gasteiger partial charge in [-0.2, -0.15) is 0 Å². The third kappa shape index (κ3) is 3.46. The molecule has 72 valence electrons. The number of hydrogen-bond acceptors (Lipinski definition) is 2. The summed E-state index contributed by atoms with van der Waals surface area (Å²) in [4.78, 5) is 1.79. The van der Waals surface area contributed by atoms with Crippen LogP contribution in [0.2, 0.25) is 0 Å². The van der Waals surface area contributed by atoms with Gasteiger partial charge in [0, 0.05) is 10.9 Å². The molecule has 0 saturated heterocycles. The van der Waals surface area contributed by atoms with E-state index in [0.29, 0.717) is 6.42 Å². The van der Waals surface area contributed by atoms with Crippen LogP contribution < -0.4 is 0 Å². The van der Waals surface area contributed by atoms with E-state index in [1.54, 1.807) is 4.90 Å². The van der Waals surface area contributed by atoms with Gasteiger partial charge in [0.25, 0.3) is 0 Å². The second-order valence-electron chi connectivity index (χ2n) is 3.27. The number of aliphatic hydroxyl groups is 1. The molecule has 0 aliphatic carbocycles. The summed E-state index contributed by atoms with van der Waals surface area (Å²) in [5, 5.41) is 9.56. The molecule has 0 bridgehead atoms.